The van der Waals surface area contributed by atoms with E-state index in [9.17, 15) is 9.18 Å². The number of halogens is 1. The summed E-state index contributed by atoms with van der Waals surface area (Å²) >= 11 is 0. The zero-order valence-electron chi connectivity index (χ0n) is 10.2. The van der Waals surface area contributed by atoms with Gasteiger partial charge in [-0.05, 0) is 18.2 Å². The van der Waals surface area contributed by atoms with Gasteiger partial charge in [0.15, 0.2) is 5.82 Å². The highest BCUT2D eigenvalue weighted by molar-refractivity contribution is 6.00. The maximum absolute atomic E-state index is 14.2. The zero-order valence-corrected chi connectivity index (χ0v) is 10.2. The van der Waals surface area contributed by atoms with Crippen molar-refractivity contribution in [2.24, 2.45) is 0 Å². The molecule has 1 amide bonds. The van der Waals surface area contributed by atoms with E-state index < -0.39 is 5.82 Å². The second kappa shape index (κ2) is 4.38. The summed E-state index contributed by atoms with van der Waals surface area (Å²) in [7, 11) is 0. The molecule has 1 aliphatic rings. The highest BCUT2D eigenvalue weighted by Gasteiger charge is 2.22. The maximum Gasteiger partial charge on any atom is 0.239 e. The summed E-state index contributed by atoms with van der Waals surface area (Å²) in [6, 6.07) is 4.83. The van der Waals surface area contributed by atoms with Crippen molar-refractivity contribution in [3.8, 4) is 0 Å². The molecule has 0 bridgehead atoms. The second-order valence-corrected chi connectivity index (χ2v) is 4.47. The average Bonchev–Trinajstić information content (AvgIpc) is 2.39. The van der Waals surface area contributed by atoms with Crippen LogP contribution in [0.25, 0.3) is 10.9 Å². The Bertz CT molecular complexity index is 658. The van der Waals surface area contributed by atoms with E-state index in [2.05, 4.69) is 10.3 Å². The van der Waals surface area contributed by atoms with Gasteiger partial charge in [0.05, 0.1) is 12.1 Å². The predicted octanol–water partition coefficient (Wildman–Crippen LogP) is 0.892. The molecule has 1 saturated heterocycles. The van der Waals surface area contributed by atoms with Gasteiger partial charge >= 0.3 is 0 Å². The van der Waals surface area contributed by atoms with E-state index in [1.807, 2.05) is 0 Å². The van der Waals surface area contributed by atoms with Gasteiger partial charge in [-0.25, -0.2) is 4.39 Å². The lowest BCUT2D eigenvalue weighted by molar-refractivity contribution is -0.120. The van der Waals surface area contributed by atoms with Crippen LogP contribution in [0.3, 0.4) is 0 Å². The van der Waals surface area contributed by atoms with E-state index in [4.69, 9.17) is 5.73 Å². The van der Waals surface area contributed by atoms with Crippen molar-refractivity contribution in [2.45, 2.75) is 0 Å². The number of carbonyl (C=O) groups excluding carboxylic acids is 1. The molecule has 98 valence electrons. The molecule has 3 N–H and O–H groups in total. The fourth-order valence-corrected chi connectivity index (χ4v) is 2.35. The third kappa shape index (κ3) is 1.95. The van der Waals surface area contributed by atoms with Crippen LogP contribution in [0.15, 0.2) is 24.4 Å². The molecule has 1 aromatic heterocycles. The Morgan fingerprint density at radius 2 is 2.32 bits per heavy atom. The van der Waals surface area contributed by atoms with Crippen LogP contribution in [0.2, 0.25) is 0 Å². The molecule has 0 unspecified atom stereocenters. The summed E-state index contributed by atoms with van der Waals surface area (Å²) in [6.45, 7) is 1.18. The van der Waals surface area contributed by atoms with Crippen molar-refractivity contribution >= 4 is 28.2 Å². The number of aromatic nitrogens is 1. The molecule has 19 heavy (non-hydrogen) atoms. The fourth-order valence-electron chi connectivity index (χ4n) is 2.35. The monoisotopic (exact) mass is 260 g/mol. The highest BCUT2D eigenvalue weighted by atomic mass is 19.1. The van der Waals surface area contributed by atoms with Gasteiger partial charge in [-0.2, -0.15) is 0 Å². The summed E-state index contributed by atoms with van der Waals surface area (Å²) in [4.78, 5) is 17.3. The largest absolute Gasteiger partial charge is 0.398 e. The Hall–Kier alpha value is -2.37. The average molecular weight is 260 g/mol. The zero-order chi connectivity index (χ0) is 13.4. The number of hydrogen-bond acceptors (Lipinski definition) is 4. The number of nitrogen functional groups attached to an aromatic ring is 1. The number of nitrogens with one attached hydrogen (secondary N) is 1. The van der Waals surface area contributed by atoms with Gasteiger partial charge < -0.3 is 16.0 Å². The lowest BCUT2D eigenvalue weighted by Gasteiger charge is -2.29. The summed E-state index contributed by atoms with van der Waals surface area (Å²) in [6.07, 6.45) is 1.59. The third-order valence-corrected chi connectivity index (χ3v) is 3.21. The number of carbonyl (C=O) groups is 1. The minimum absolute atomic E-state index is 0.119. The molecular formula is C13H13FN4O. The van der Waals surface area contributed by atoms with Crippen LogP contribution < -0.4 is 16.0 Å². The number of piperazine rings is 1. The Labute approximate surface area is 109 Å². The van der Waals surface area contributed by atoms with Crippen molar-refractivity contribution in [2.75, 3.05) is 30.3 Å². The van der Waals surface area contributed by atoms with Gasteiger partial charge in [0.2, 0.25) is 5.91 Å². The molecule has 5 nitrogen and oxygen atoms in total. The molecule has 0 aliphatic carbocycles. The molecule has 3 rings (SSSR count). The standard InChI is InChI=1S/C13H13FN4O/c14-9-6-10(15)8-2-1-3-17-12(8)13(9)18-5-4-16-11(19)7-18/h1-3,6H,4-5,7,15H2,(H,16,19). The van der Waals surface area contributed by atoms with Crippen molar-refractivity contribution in [1.29, 1.82) is 0 Å². The van der Waals surface area contributed by atoms with Gasteiger partial charge in [0.25, 0.3) is 0 Å². The molecule has 1 aliphatic heterocycles. The number of benzene rings is 1. The molecular weight excluding hydrogens is 247 g/mol. The van der Waals surface area contributed by atoms with E-state index in [1.54, 1.807) is 23.2 Å². The van der Waals surface area contributed by atoms with Crippen LogP contribution >= 0.6 is 0 Å². The molecule has 6 heteroatoms. The maximum atomic E-state index is 14.2. The lowest BCUT2D eigenvalue weighted by atomic mass is 10.1. The van der Waals surface area contributed by atoms with Gasteiger partial charge in [0.1, 0.15) is 5.69 Å². The number of rotatable bonds is 1. The van der Waals surface area contributed by atoms with Gasteiger partial charge in [-0.1, -0.05) is 0 Å². The van der Waals surface area contributed by atoms with E-state index in [0.29, 0.717) is 35.4 Å². The van der Waals surface area contributed by atoms with Crippen LogP contribution in [-0.4, -0.2) is 30.5 Å². The van der Waals surface area contributed by atoms with Crippen LogP contribution in [-0.2, 0) is 4.79 Å². The first kappa shape index (κ1) is 11.7. The number of fused-ring (bicyclic) bond motifs is 1. The predicted molar refractivity (Wildman–Crippen MR) is 71.3 cm³/mol. The lowest BCUT2D eigenvalue weighted by Crippen LogP contribution is -2.48. The van der Waals surface area contributed by atoms with Gasteiger partial charge in [-0.15, -0.1) is 0 Å². The van der Waals surface area contributed by atoms with Crippen molar-refractivity contribution < 1.29 is 9.18 Å². The van der Waals surface area contributed by atoms with E-state index in [1.165, 1.54) is 6.07 Å². The Kier molecular flexibility index (Phi) is 2.70. The number of pyridine rings is 1. The van der Waals surface area contributed by atoms with Crippen molar-refractivity contribution in [3.63, 3.8) is 0 Å². The molecule has 1 fully saturated rings. The number of hydrogen-bond donors (Lipinski definition) is 2. The second-order valence-electron chi connectivity index (χ2n) is 4.47. The normalized spacial score (nSPS) is 15.6. The van der Waals surface area contributed by atoms with Crippen LogP contribution in [0, 0.1) is 5.82 Å². The van der Waals surface area contributed by atoms with E-state index in [-0.39, 0.29) is 12.5 Å². The number of amides is 1. The van der Waals surface area contributed by atoms with Crippen molar-refractivity contribution in [3.05, 3.63) is 30.2 Å². The van der Waals surface area contributed by atoms with Gasteiger partial charge in [0, 0.05) is 30.4 Å². The smallest absolute Gasteiger partial charge is 0.239 e. The molecule has 0 atom stereocenters. The summed E-state index contributed by atoms with van der Waals surface area (Å²) in [5.74, 6) is -0.565. The fraction of sp³-hybridized carbons (Fsp3) is 0.231. The molecule has 2 aromatic rings. The molecule has 0 spiro atoms. The number of anilines is 2. The highest BCUT2D eigenvalue weighted by Crippen LogP contribution is 2.32. The topological polar surface area (TPSA) is 71.2 Å². The Morgan fingerprint density at radius 1 is 1.47 bits per heavy atom. The molecule has 0 radical (unpaired) electrons. The first-order valence-corrected chi connectivity index (χ1v) is 6.01. The minimum atomic E-state index is -0.446. The number of nitrogens with zero attached hydrogens (tertiary/aromatic N) is 2. The van der Waals surface area contributed by atoms with E-state index in [0.717, 1.165) is 0 Å². The summed E-state index contributed by atoms with van der Waals surface area (Å²) in [5.41, 5.74) is 7.00. The van der Waals surface area contributed by atoms with E-state index >= 15 is 0 Å². The van der Waals surface area contributed by atoms with Crippen LogP contribution in [0.5, 0.6) is 0 Å². The number of nitrogens with two attached hydrogens (primary N) is 1. The quantitative estimate of drug-likeness (QED) is 0.747. The molecule has 0 saturated carbocycles. The SMILES string of the molecule is Nc1cc(F)c(N2CCNC(=O)C2)c2ncccc12. The molecule has 2 heterocycles. The van der Waals surface area contributed by atoms with Gasteiger partial charge in [-0.3, -0.25) is 9.78 Å². The van der Waals surface area contributed by atoms with Crippen molar-refractivity contribution in [1.82, 2.24) is 10.3 Å². The first-order valence-electron chi connectivity index (χ1n) is 6.01. The minimum Gasteiger partial charge on any atom is -0.398 e. The molecule has 1 aromatic carbocycles. The van der Waals surface area contributed by atoms with Crippen LogP contribution in [0.1, 0.15) is 0 Å². The first-order chi connectivity index (χ1) is 9.16. The summed E-state index contributed by atoms with van der Waals surface area (Å²) < 4.78 is 14.2. The van der Waals surface area contributed by atoms with Crippen LogP contribution in [0.4, 0.5) is 15.8 Å². The Balaban J connectivity index is 2.19. The summed E-state index contributed by atoms with van der Waals surface area (Å²) in [5, 5.41) is 3.41. The third-order valence-electron chi connectivity index (χ3n) is 3.21. The Morgan fingerprint density at radius 3 is 3.11 bits per heavy atom.